The number of nitrogens with zero attached hydrogens (tertiary/aromatic N) is 1. The molecule has 0 radical (unpaired) electrons. The van der Waals surface area contributed by atoms with Crippen molar-refractivity contribution in [1.82, 2.24) is 4.90 Å². The first-order valence-electron chi connectivity index (χ1n) is 9.04. The summed E-state index contributed by atoms with van der Waals surface area (Å²) in [7, 11) is 0. The minimum Gasteiger partial charge on any atom is -0.464 e. The predicted molar refractivity (Wildman–Crippen MR) is 109 cm³/mol. The van der Waals surface area contributed by atoms with Crippen LogP contribution in [0, 0.1) is 5.92 Å². The monoisotopic (exact) mass is 384 g/mol. The number of ether oxygens (including phenoxy) is 1. The summed E-state index contributed by atoms with van der Waals surface area (Å²) >= 11 is 1.58. The lowest BCUT2D eigenvalue weighted by Gasteiger charge is -2.29. The molecule has 1 aliphatic heterocycles. The fourth-order valence-corrected chi connectivity index (χ4v) is 4.28. The summed E-state index contributed by atoms with van der Waals surface area (Å²) in [6, 6.07) is 18.1. The number of nitrogens with one attached hydrogen (secondary N) is 1. The van der Waals surface area contributed by atoms with Crippen molar-refractivity contribution >= 4 is 29.4 Å². The van der Waals surface area contributed by atoms with Gasteiger partial charge in [0.15, 0.2) is 0 Å². The molecule has 5 nitrogen and oxygen atoms in total. The van der Waals surface area contributed by atoms with E-state index in [1.807, 2.05) is 74.5 Å². The van der Waals surface area contributed by atoms with Crippen molar-refractivity contribution in [3.8, 4) is 0 Å². The molecule has 0 bridgehead atoms. The molecule has 27 heavy (non-hydrogen) atoms. The van der Waals surface area contributed by atoms with E-state index in [4.69, 9.17) is 4.74 Å². The molecule has 1 saturated heterocycles. The summed E-state index contributed by atoms with van der Waals surface area (Å²) in [5, 5.41) is 2.67. The van der Waals surface area contributed by atoms with E-state index in [-0.39, 0.29) is 23.3 Å². The third-order valence-electron chi connectivity index (χ3n) is 4.18. The van der Waals surface area contributed by atoms with Crippen LogP contribution in [0.25, 0.3) is 0 Å². The van der Waals surface area contributed by atoms with Gasteiger partial charge in [0, 0.05) is 11.4 Å². The second-order valence-corrected chi connectivity index (χ2v) is 7.95. The van der Waals surface area contributed by atoms with Gasteiger partial charge in [-0.25, -0.2) is 9.59 Å². The number of esters is 1. The SMILES string of the molecule is CC(C)COC(=O)C1CSC(c2ccccc2)N1C(=O)Nc1ccccc1. The van der Waals surface area contributed by atoms with E-state index in [0.717, 1.165) is 5.56 Å². The molecule has 1 heterocycles. The molecule has 0 aromatic heterocycles. The molecule has 0 saturated carbocycles. The first-order chi connectivity index (χ1) is 13.1. The van der Waals surface area contributed by atoms with Crippen molar-refractivity contribution in [1.29, 1.82) is 0 Å². The molecular weight excluding hydrogens is 360 g/mol. The predicted octanol–water partition coefficient (Wildman–Crippen LogP) is 4.53. The summed E-state index contributed by atoms with van der Waals surface area (Å²) in [6.45, 7) is 4.33. The van der Waals surface area contributed by atoms with Crippen LogP contribution in [-0.2, 0) is 9.53 Å². The van der Waals surface area contributed by atoms with E-state index < -0.39 is 6.04 Å². The van der Waals surface area contributed by atoms with Gasteiger partial charge in [0.2, 0.25) is 0 Å². The fraction of sp³-hybridized carbons (Fsp3) is 0.333. The highest BCUT2D eigenvalue weighted by atomic mass is 32.2. The van der Waals surface area contributed by atoms with Crippen molar-refractivity contribution in [2.45, 2.75) is 25.3 Å². The van der Waals surface area contributed by atoms with Crippen LogP contribution in [0.2, 0.25) is 0 Å². The Kier molecular flexibility index (Phi) is 6.40. The minimum absolute atomic E-state index is 0.230. The number of benzene rings is 2. The molecule has 1 fully saturated rings. The number of amides is 2. The zero-order chi connectivity index (χ0) is 19.2. The summed E-state index contributed by atoms with van der Waals surface area (Å²) in [5.41, 5.74) is 1.69. The highest BCUT2D eigenvalue weighted by Gasteiger charge is 2.43. The molecular formula is C21H24N2O3S. The van der Waals surface area contributed by atoms with Crippen molar-refractivity contribution in [2.75, 3.05) is 17.7 Å². The molecule has 1 N–H and O–H groups in total. The minimum atomic E-state index is -0.609. The van der Waals surface area contributed by atoms with Crippen molar-refractivity contribution < 1.29 is 14.3 Å². The highest BCUT2D eigenvalue weighted by molar-refractivity contribution is 7.99. The Morgan fingerprint density at radius 3 is 2.37 bits per heavy atom. The summed E-state index contributed by atoms with van der Waals surface area (Å²) in [4.78, 5) is 27.3. The van der Waals surface area contributed by atoms with Crippen LogP contribution in [-0.4, -0.2) is 35.3 Å². The van der Waals surface area contributed by atoms with E-state index in [2.05, 4.69) is 5.32 Å². The first kappa shape index (κ1) is 19.3. The third kappa shape index (κ3) is 4.83. The van der Waals surface area contributed by atoms with Crippen molar-refractivity contribution in [2.24, 2.45) is 5.92 Å². The van der Waals surface area contributed by atoms with Crippen molar-refractivity contribution in [3.63, 3.8) is 0 Å². The van der Waals surface area contributed by atoms with Gasteiger partial charge in [-0.3, -0.25) is 4.90 Å². The lowest BCUT2D eigenvalue weighted by atomic mass is 10.2. The first-order valence-corrected chi connectivity index (χ1v) is 10.1. The summed E-state index contributed by atoms with van der Waals surface area (Å²) < 4.78 is 5.43. The van der Waals surface area contributed by atoms with Crippen LogP contribution < -0.4 is 5.32 Å². The van der Waals surface area contributed by atoms with Gasteiger partial charge in [-0.15, -0.1) is 11.8 Å². The average Bonchev–Trinajstić information content (AvgIpc) is 3.13. The summed E-state index contributed by atoms with van der Waals surface area (Å²) in [6.07, 6.45) is 0. The Hall–Kier alpha value is -2.47. The fourth-order valence-electron chi connectivity index (χ4n) is 2.86. The van der Waals surface area contributed by atoms with E-state index in [1.54, 1.807) is 16.7 Å². The maximum Gasteiger partial charge on any atom is 0.329 e. The Morgan fingerprint density at radius 2 is 1.74 bits per heavy atom. The molecule has 2 aromatic carbocycles. The number of hydrogen-bond donors (Lipinski definition) is 1. The molecule has 1 aliphatic rings. The Balaban J connectivity index is 1.82. The van der Waals surface area contributed by atoms with Gasteiger partial charge in [0.05, 0.1) is 6.61 Å². The van der Waals surface area contributed by atoms with Gasteiger partial charge in [0.25, 0.3) is 0 Å². The molecule has 2 amide bonds. The zero-order valence-corrected chi connectivity index (χ0v) is 16.3. The Morgan fingerprint density at radius 1 is 1.11 bits per heavy atom. The Bertz CT molecular complexity index is 768. The van der Waals surface area contributed by atoms with E-state index in [0.29, 0.717) is 18.0 Å². The maximum atomic E-state index is 13.0. The van der Waals surface area contributed by atoms with Crippen LogP contribution in [0.5, 0.6) is 0 Å². The lowest BCUT2D eigenvalue weighted by molar-refractivity contribution is -0.149. The number of para-hydroxylation sites is 1. The van der Waals surface area contributed by atoms with Gasteiger partial charge < -0.3 is 10.1 Å². The average molecular weight is 385 g/mol. The van der Waals surface area contributed by atoms with E-state index in [9.17, 15) is 9.59 Å². The van der Waals surface area contributed by atoms with Crippen LogP contribution >= 0.6 is 11.8 Å². The Labute approximate surface area is 164 Å². The van der Waals surface area contributed by atoms with E-state index in [1.165, 1.54) is 0 Å². The number of rotatable bonds is 5. The molecule has 0 spiro atoms. The molecule has 0 aliphatic carbocycles. The lowest BCUT2D eigenvalue weighted by Crippen LogP contribution is -2.46. The van der Waals surface area contributed by atoms with Gasteiger partial charge in [-0.2, -0.15) is 0 Å². The van der Waals surface area contributed by atoms with Crippen molar-refractivity contribution in [3.05, 3.63) is 66.2 Å². The van der Waals surface area contributed by atoms with Crippen LogP contribution in [0.3, 0.4) is 0 Å². The van der Waals surface area contributed by atoms with Gasteiger partial charge >= 0.3 is 12.0 Å². The smallest absolute Gasteiger partial charge is 0.329 e. The normalized spacial score (nSPS) is 19.1. The highest BCUT2D eigenvalue weighted by Crippen LogP contribution is 2.42. The number of hydrogen-bond acceptors (Lipinski definition) is 4. The second-order valence-electron chi connectivity index (χ2n) is 6.84. The van der Waals surface area contributed by atoms with Crippen LogP contribution in [0.15, 0.2) is 60.7 Å². The molecule has 2 atom stereocenters. The van der Waals surface area contributed by atoms with Gasteiger partial charge in [-0.1, -0.05) is 62.4 Å². The molecule has 3 rings (SSSR count). The van der Waals surface area contributed by atoms with Crippen LogP contribution in [0.1, 0.15) is 24.8 Å². The standard InChI is InChI=1S/C21H24N2O3S/c1-15(2)13-26-20(24)18-14-27-19(16-9-5-3-6-10-16)23(18)21(25)22-17-11-7-4-8-12-17/h3-12,15,18-19H,13-14H2,1-2H3,(H,22,25). The maximum absolute atomic E-state index is 13.0. The quantitative estimate of drug-likeness (QED) is 0.769. The topological polar surface area (TPSA) is 58.6 Å². The molecule has 2 unspecified atom stereocenters. The number of carbonyl (C=O) groups excluding carboxylic acids is 2. The largest absolute Gasteiger partial charge is 0.464 e. The second kappa shape index (κ2) is 8.95. The number of thioether (sulfide) groups is 1. The molecule has 6 heteroatoms. The molecule has 2 aromatic rings. The zero-order valence-electron chi connectivity index (χ0n) is 15.5. The molecule has 142 valence electrons. The van der Waals surface area contributed by atoms with Gasteiger partial charge in [0.1, 0.15) is 11.4 Å². The third-order valence-corrected chi connectivity index (χ3v) is 5.50. The summed E-state index contributed by atoms with van der Waals surface area (Å²) in [5.74, 6) is 0.413. The number of anilines is 1. The number of urea groups is 1. The van der Waals surface area contributed by atoms with E-state index >= 15 is 0 Å². The van der Waals surface area contributed by atoms with Crippen LogP contribution in [0.4, 0.5) is 10.5 Å². The number of carbonyl (C=O) groups is 2. The van der Waals surface area contributed by atoms with Gasteiger partial charge in [-0.05, 0) is 23.6 Å².